The van der Waals surface area contributed by atoms with Crippen LogP contribution >= 0.6 is 0 Å². The number of hydrogen-bond acceptors (Lipinski definition) is 28. The summed E-state index contributed by atoms with van der Waals surface area (Å²) in [5.74, 6) is -1.20. The molecule has 0 aromatic carbocycles. The topological polar surface area (TPSA) is 502 Å². The van der Waals surface area contributed by atoms with Crippen molar-refractivity contribution in [3.63, 3.8) is 0 Å². The summed E-state index contributed by atoms with van der Waals surface area (Å²) in [5.41, 5.74) is 10.2. The molecule has 130 heavy (non-hydrogen) atoms. The van der Waals surface area contributed by atoms with Gasteiger partial charge in [-0.1, -0.05) is 67.3 Å². The number of carbonyl (C=O) groups excluding carboxylic acids is 4. The van der Waals surface area contributed by atoms with Gasteiger partial charge in [0, 0.05) is 28.2 Å². The predicted octanol–water partition coefficient (Wildman–Crippen LogP) is 13.2. The maximum absolute atomic E-state index is 12.3. The van der Waals surface area contributed by atoms with Gasteiger partial charge in [-0.2, -0.15) is 0 Å². The molecule has 39 nitrogen and oxygen atoms in total. The largest absolute Gasteiger partial charge is 0.489 e. The van der Waals surface area contributed by atoms with Crippen LogP contribution < -0.4 is 34.9 Å². The monoisotopic (exact) mass is 1800 g/mol. The first-order chi connectivity index (χ1) is 62.5. The molecule has 6 fully saturated rings. The average molecular weight is 1810 g/mol. The van der Waals surface area contributed by atoms with Gasteiger partial charge in [-0.15, -0.1) is 20.4 Å². The maximum Gasteiger partial charge on any atom is 0.407 e. The molecule has 14 rings (SSSR count). The lowest BCUT2D eigenvalue weighted by molar-refractivity contribution is -0.144. The van der Waals surface area contributed by atoms with Gasteiger partial charge in [-0.3, -0.25) is 28.7 Å². The molecule has 6 saturated carbocycles. The molecule has 1 unspecified atom stereocenters. The smallest absolute Gasteiger partial charge is 0.407 e. The summed E-state index contributed by atoms with van der Waals surface area (Å²) in [6.07, 6.45) is 19.8. The molecule has 0 radical (unpaired) electrons. The van der Waals surface area contributed by atoms with Gasteiger partial charge in [0.1, 0.15) is 51.9 Å². The Hall–Kier alpha value is -12.5. The number of aliphatic carboxylic acids is 4. The van der Waals surface area contributed by atoms with E-state index in [-0.39, 0.29) is 86.2 Å². The highest BCUT2D eigenvalue weighted by Gasteiger charge is 2.35. The number of carbonyl (C=O) groups is 8. The fourth-order valence-corrected chi connectivity index (χ4v) is 16.3. The Morgan fingerprint density at radius 3 is 1.05 bits per heavy atom. The number of carboxylic acid groups (broad SMARTS) is 4. The van der Waals surface area contributed by atoms with Crippen LogP contribution in [0.3, 0.4) is 0 Å². The number of alkyl carbamates (subject to hydrolysis) is 3. The molecular weight excluding hydrogens is 1680 g/mol. The van der Waals surface area contributed by atoms with Crippen LogP contribution in [-0.4, -0.2) is 199 Å². The summed E-state index contributed by atoms with van der Waals surface area (Å²) >= 11 is 0. The fourth-order valence-electron chi connectivity index (χ4n) is 16.3. The lowest BCUT2D eigenvalue weighted by Gasteiger charge is -2.27. The van der Waals surface area contributed by atoms with Gasteiger partial charge in [0.15, 0.2) is 0 Å². The van der Waals surface area contributed by atoms with Crippen LogP contribution in [0.5, 0.6) is 23.0 Å². The molecule has 0 spiro atoms. The number of esters is 1. The number of aryl methyl sites for hydroxylation is 8. The van der Waals surface area contributed by atoms with Crippen LogP contribution in [-0.2, 0) is 97.2 Å². The standard InChI is InChI=1S/C23H31N5O5.C23H33N5O5.C23H30N4O5.C22H31N5O5/c1-14-20(32-17-9-5-6-15(12-17)22(29)30)11-10-18(25-14)21-19(28(2)27-26-21)13-24-23(31)33-16-7-3-4-8-16;1-5-14(2)13-32-23(31)24-12-19-21(26-27-28(19)4)18-9-10-20(15(3)25-18)33-17-8-6-7-16(11-17)22(29)30;1-14-20(32-17-5-3-4-16(12-17)23(29)30)9-8-18(24-14)22-19(27(2)26-25-22)13-21(28)31-11-10-15-6-7-15;1-4-5-11-31-22(30)23-13-18-20(25-26-27(18)3)17-9-10-19(14(2)24-17)32-16-8-6-7-15(12-16)21(28)29/h10-11,15-17H,3-9,12-13H2,1-2H3,(H,24,31)(H,29,30);9-10,14,16-17H,5-8,11-13H2,1-4H3,(H,24,31)(H,29,30);8-9,15-17H,3-7,10-13H2,1-2H3,(H,29,30);9-10,15-16H,4-8,11-13H2,1-3H3,(H,23,30)(H,28,29)/t15-,17-;14?,16-,17-;16-,17-;15-,16-/m0000/s1. The molecule has 8 aromatic heterocycles. The second-order valence-electron chi connectivity index (χ2n) is 34.5. The number of hydrogen-bond donors (Lipinski definition) is 7. The van der Waals surface area contributed by atoms with Crippen LogP contribution in [0.15, 0.2) is 48.5 Å². The number of carboxylic acids is 4. The van der Waals surface area contributed by atoms with Crippen molar-refractivity contribution in [2.75, 3.05) is 19.8 Å². The summed E-state index contributed by atoms with van der Waals surface area (Å²) < 4.78 is 51.9. The molecule has 9 atom stereocenters. The normalized spacial score (nSPS) is 19.7. The van der Waals surface area contributed by atoms with Gasteiger partial charge >= 0.3 is 48.1 Å². The van der Waals surface area contributed by atoms with Crippen molar-refractivity contribution in [2.24, 2.45) is 63.7 Å². The van der Waals surface area contributed by atoms with Gasteiger partial charge in [0.25, 0.3) is 0 Å². The quantitative estimate of drug-likeness (QED) is 0.0112. The van der Waals surface area contributed by atoms with E-state index in [2.05, 4.69) is 77.1 Å². The number of amides is 3. The third kappa shape index (κ3) is 28.5. The third-order valence-electron chi connectivity index (χ3n) is 24.5. The molecule has 39 heteroatoms. The average Bonchev–Trinajstić information content (AvgIpc) is 1.57. The summed E-state index contributed by atoms with van der Waals surface area (Å²) in [6.45, 7) is 15.3. The Bertz CT molecular complexity index is 5160. The Morgan fingerprint density at radius 2 is 0.723 bits per heavy atom. The zero-order valence-corrected chi connectivity index (χ0v) is 76.3. The van der Waals surface area contributed by atoms with Crippen LogP contribution in [0, 0.1) is 63.2 Å². The zero-order chi connectivity index (χ0) is 93.1. The van der Waals surface area contributed by atoms with E-state index < -0.39 is 42.2 Å². The number of aromatic nitrogens is 16. The first-order valence-electron chi connectivity index (χ1n) is 45.4. The van der Waals surface area contributed by atoms with E-state index >= 15 is 0 Å². The molecule has 0 aliphatic heterocycles. The summed E-state index contributed by atoms with van der Waals surface area (Å²) in [4.78, 5) is 112. The highest BCUT2D eigenvalue weighted by Crippen LogP contribution is 2.38. The van der Waals surface area contributed by atoms with Crippen molar-refractivity contribution < 1.29 is 96.7 Å². The van der Waals surface area contributed by atoms with Crippen molar-refractivity contribution in [1.29, 1.82) is 0 Å². The van der Waals surface area contributed by atoms with Crippen LogP contribution in [0.25, 0.3) is 45.6 Å². The number of nitrogens with one attached hydrogen (secondary N) is 3. The second kappa shape index (κ2) is 47.7. The predicted molar refractivity (Wildman–Crippen MR) is 470 cm³/mol. The summed E-state index contributed by atoms with van der Waals surface area (Å²) in [7, 11) is 7.02. The van der Waals surface area contributed by atoms with Crippen molar-refractivity contribution >= 4 is 48.1 Å². The van der Waals surface area contributed by atoms with Gasteiger partial charge in [-0.25, -0.2) is 48.4 Å². The molecule has 0 saturated heterocycles. The SMILES string of the molecule is CCC(C)COC(=O)NCc1c(-c2ccc(O[C@H]3CCC[C@H](C(=O)O)C3)c(C)n2)nnn1C.CCCCOC(=O)NCc1c(-c2ccc(O[C@H]3CCC[C@H](C(=O)O)C3)c(C)n2)nnn1C.Cc1nc(-c2nnn(C)c2CC(=O)OCCC2CC2)ccc1O[C@H]1CCC[C@H](C(=O)O)C1.Cc1nc(-c2nnn(C)c2CNC(=O)OC2CCCC2)ccc1O[C@H]1CCC[C@H](C(=O)O)C1. The van der Waals surface area contributed by atoms with Gasteiger partial charge in [-0.05, 0) is 229 Å². The minimum Gasteiger partial charge on any atom is -0.489 e. The van der Waals surface area contributed by atoms with Crippen LogP contribution in [0.4, 0.5) is 14.4 Å². The molecule has 704 valence electrons. The number of unbranched alkanes of at least 4 members (excludes halogenated alkanes) is 1. The number of nitrogens with zero attached hydrogens (tertiary/aromatic N) is 16. The van der Waals surface area contributed by atoms with Gasteiger partial charge in [0.05, 0.1) is 162 Å². The maximum atomic E-state index is 12.3. The summed E-state index contributed by atoms with van der Waals surface area (Å²) in [5, 5.41) is 78.6. The minimum absolute atomic E-state index is 0.000866. The van der Waals surface area contributed by atoms with Crippen LogP contribution in [0.1, 0.15) is 233 Å². The Morgan fingerprint density at radius 1 is 0.400 bits per heavy atom. The van der Waals surface area contributed by atoms with Crippen molar-refractivity contribution in [3.05, 3.63) is 94.1 Å². The third-order valence-corrected chi connectivity index (χ3v) is 24.5. The lowest BCUT2D eigenvalue weighted by atomic mass is 9.87. The van der Waals surface area contributed by atoms with Crippen molar-refractivity contribution in [1.82, 2.24) is 95.9 Å². The lowest BCUT2D eigenvalue weighted by Crippen LogP contribution is -2.29. The van der Waals surface area contributed by atoms with Crippen molar-refractivity contribution in [2.45, 2.75) is 272 Å². The Labute approximate surface area is 755 Å². The molecule has 0 bridgehead atoms. The van der Waals surface area contributed by atoms with E-state index in [1.54, 1.807) is 65.1 Å². The minimum atomic E-state index is -0.763. The van der Waals surface area contributed by atoms with Crippen molar-refractivity contribution in [3.8, 4) is 68.5 Å². The van der Waals surface area contributed by atoms with E-state index in [1.165, 1.54) is 12.8 Å². The fraction of sp³-hybridized carbons (Fsp3) is 0.604. The summed E-state index contributed by atoms with van der Waals surface area (Å²) in [6, 6.07) is 14.5. The highest BCUT2D eigenvalue weighted by molar-refractivity contribution is 5.76. The van der Waals surface area contributed by atoms with Crippen LogP contribution in [0.2, 0.25) is 0 Å². The first-order valence-corrected chi connectivity index (χ1v) is 45.4. The molecule has 7 N–H and O–H groups in total. The van der Waals surface area contributed by atoms with E-state index in [9.17, 15) is 58.8 Å². The molecule has 8 aromatic rings. The zero-order valence-electron chi connectivity index (χ0n) is 76.3. The Kier molecular flexibility index (Phi) is 36.0. The number of rotatable bonds is 34. The highest BCUT2D eigenvalue weighted by atomic mass is 16.6. The first kappa shape index (κ1) is 98.1. The second-order valence-corrected chi connectivity index (χ2v) is 34.5. The van der Waals surface area contributed by atoms with Gasteiger partial charge in [0.2, 0.25) is 0 Å². The molecule has 3 amide bonds. The van der Waals surface area contributed by atoms with E-state index in [0.29, 0.717) is 191 Å². The van der Waals surface area contributed by atoms with E-state index in [4.69, 9.17) is 37.9 Å². The molecule has 6 aliphatic rings. The number of ether oxygens (including phenoxy) is 8. The number of pyridine rings is 4. The van der Waals surface area contributed by atoms with E-state index in [1.807, 2.05) is 78.8 Å². The van der Waals surface area contributed by atoms with E-state index in [0.717, 1.165) is 108 Å². The molecular formula is C91H125N19O20. The Balaban J connectivity index is 0.000000168. The molecule has 8 heterocycles. The molecule has 6 aliphatic carbocycles. The van der Waals surface area contributed by atoms with Gasteiger partial charge < -0.3 is 74.3 Å².